The van der Waals surface area contributed by atoms with E-state index in [0.717, 1.165) is 43.3 Å². The molecular weight excluding hydrogens is 474 g/mol. The lowest BCUT2D eigenvalue weighted by atomic mass is 9.84. The van der Waals surface area contributed by atoms with E-state index in [2.05, 4.69) is 5.32 Å². The molecule has 2 aromatic carbocycles. The van der Waals surface area contributed by atoms with Crippen LogP contribution in [0.4, 0.5) is 8.78 Å². The first-order valence-electron chi connectivity index (χ1n) is 12.8. The van der Waals surface area contributed by atoms with Crippen LogP contribution in [0.15, 0.2) is 54.7 Å². The van der Waals surface area contributed by atoms with Crippen LogP contribution in [-0.4, -0.2) is 51.2 Å². The van der Waals surface area contributed by atoms with Gasteiger partial charge in [-0.2, -0.15) is 0 Å². The summed E-state index contributed by atoms with van der Waals surface area (Å²) in [5, 5.41) is 13.7. The van der Waals surface area contributed by atoms with Crippen LogP contribution in [0, 0.1) is 23.0 Å². The molecule has 0 bridgehead atoms. The summed E-state index contributed by atoms with van der Waals surface area (Å²) >= 11 is 0. The van der Waals surface area contributed by atoms with Crippen molar-refractivity contribution >= 4 is 5.91 Å². The monoisotopic (exact) mass is 510 g/mol. The van der Waals surface area contributed by atoms with Crippen LogP contribution in [-0.2, 0) is 11.3 Å². The molecule has 2 N–H and O–H groups in total. The van der Waals surface area contributed by atoms with Crippen molar-refractivity contribution in [3.8, 4) is 11.3 Å². The van der Waals surface area contributed by atoms with Crippen molar-refractivity contribution in [3.05, 3.63) is 77.8 Å². The third-order valence-electron chi connectivity index (χ3n) is 6.84. The number of aliphatic hydroxyl groups is 1. The highest BCUT2D eigenvalue weighted by atomic mass is 19.1. The number of carbonyl (C=O) groups is 1. The van der Waals surface area contributed by atoms with Gasteiger partial charge in [-0.3, -0.25) is 4.79 Å². The summed E-state index contributed by atoms with van der Waals surface area (Å²) in [5.74, 6) is -0.694. The van der Waals surface area contributed by atoms with Gasteiger partial charge < -0.3 is 19.9 Å². The average molecular weight is 511 g/mol. The minimum atomic E-state index is -1.18. The molecule has 4 rings (SSSR count). The fraction of sp³-hybridized carbons (Fsp3) is 0.448. The van der Waals surface area contributed by atoms with E-state index in [1.54, 1.807) is 11.1 Å². The minimum absolute atomic E-state index is 0.0640. The number of hydrogen-bond donors (Lipinski definition) is 2. The summed E-state index contributed by atoms with van der Waals surface area (Å²) in [6, 6.07) is 12.6. The molecule has 1 fully saturated rings. The van der Waals surface area contributed by atoms with Crippen molar-refractivity contribution in [2.45, 2.75) is 52.8 Å². The normalized spacial score (nSPS) is 17.5. The van der Waals surface area contributed by atoms with Crippen LogP contribution in [0.1, 0.15) is 51.5 Å². The van der Waals surface area contributed by atoms with E-state index in [4.69, 9.17) is 4.98 Å². The number of rotatable bonds is 8. The third kappa shape index (κ3) is 6.25. The Bertz CT molecular complexity index is 1210. The van der Waals surface area contributed by atoms with Crippen LogP contribution >= 0.6 is 0 Å². The SMILES string of the molecule is C[C@H](O)C(=O)N(C[C@H]1CCNC1)[C@@H](c1nc(-c2cc(F)ccc2F)cn1Cc1ccccc1)C(C)(C)C. The molecule has 1 saturated heterocycles. The van der Waals surface area contributed by atoms with Gasteiger partial charge in [0.05, 0.1) is 11.7 Å². The number of halogens is 2. The number of amides is 1. The van der Waals surface area contributed by atoms with Crippen molar-refractivity contribution in [1.82, 2.24) is 19.8 Å². The Kier molecular flexibility index (Phi) is 8.09. The zero-order valence-electron chi connectivity index (χ0n) is 21.9. The number of hydrogen-bond acceptors (Lipinski definition) is 4. The Labute approximate surface area is 217 Å². The second-order valence-corrected chi connectivity index (χ2v) is 11.0. The molecule has 0 aliphatic carbocycles. The Morgan fingerprint density at radius 3 is 2.57 bits per heavy atom. The molecule has 0 unspecified atom stereocenters. The van der Waals surface area contributed by atoms with Crippen LogP contribution < -0.4 is 5.32 Å². The van der Waals surface area contributed by atoms with Gasteiger partial charge >= 0.3 is 0 Å². The van der Waals surface area contributed by atoms with Gasteiger partial charge in [0.2, 0.25) is 0 Å². The Balaban J connectivity index is 1.87. The van der Waals surface area contributed by atoms with E-state index in [0.29, 0.717) is 24.6 Å². The molecule has 198 valence electrons. The molecule has 6 nitrogen and oxygen atoms in total. The Morgan fingerprint density at radius 1 is 1.22 bits per heavy atom. The zero-order valence-corrected chi connectivity index (χ0v) is 21.9. The lowest BCUT2D eigenvalue weighted by molar-refractivity contribution is -0.145. The first-order chi connectivity index (χ1) is 17.5. The topological polar surface area (TPSA) is 70.4 Å². The predicted molar refractivity (Wildman–Crippen MR) is 140 cm³/mol. The maximum absolute atomic E-state index is 14.8. The van der Waals surface area contributed by atoms with E-state index < -0.39 is 29.2 Å². The largest absolute Gasteiger partial charge is 0.384 e. The van der Waals surface area contributed by atoms with Gasteiger partial charge in [0, 0.05) is 24.8 Å². The molecule has 1 aliphatic heterocycles. The number of aromatic nitrogens is 2. The molecule has 1 aliphatic rings. The first-order valence-corrected chi connectivity index (χ1v) is 12.8. The summed E-state index contributed by atoms with van der Waals surface area (Å²) in [6.45, 7) is 10.1. The summed E-state index contributed by atoms with van der Waals surface area (Å²) < 4.78 is 30.8. The summed E-state index contributed by atoms with van der Waals surface area (Å²) in [6.07, 6.45) is 1.47. The van der Waals surface area contributed by atoms with Crippen molar-refractivity contribution in [2.24, 2.45) is 11.3 Å². The fourth-order valence-electron chi connectivity index (χ4n) is 5.08. The molecule has 8 heteroatoms. The van der Waals surface area contributed by atoms with Gasteiger partial charge in [-0.15, -0.1) is 0 Å². The Hall–Kier alpha value is -3.10. The molecule has 3 atom stereocenters. The second-order valence-electron chi connectivity index (χ2n) is 11.0. The lowest BCUT2D eigenvalue weighted by Crippen LogP contribution is -2.48. The number of benzene rings is 2. The smallest absolute Gasteiger partial charge is 0.251 e. The second kappa shape index (κ2) is 11.1. The van der Waals surface area contributed by atoms with Crippen molar-refractivity contribution in [1.29, 1.82) is 0 Å². The lowest BCUT2D eigenvalue weighted by Gasteiger charge is -2.41. The van der Waals surface area contributed by atoms with Gasteiger partial charge in [0.15, 0.2) is 0 Å². The van der Waals surface area contributed by atoms with Crippen molar-refractivity contribution in [2.75, 3.05) is 19.6 Å². The maximum atomic E-state index is 14.8. The van der Waals surface area contributed by atoms with Gasteiger partial charge in [0.25, 0.3) is 5.91 Å². The van der Waals surface area contributed by atoms with Gasteiger partial charge in [0.1, 0.15) is 23.6 Å². The highest BCUT2D eigenvalue weighted by Crippen LogP contribution is 2.40. The van der Waals surface area contributed by atoms with Crippen LogP contribution in [0.2, 0.25) is 0 Å². The molecule has 1 amide bonds. The van der Waals surface area contributed by atoms with E-state index in [9.17, 15) is 18.7 Å². The van der Waals surface area contributed by atoms with Crippen LogP contribution in [0.5, 0.6) is 0 Å². The summed E-state index contributed by atoms with van der Waals surface area (Å²) in [5.41, 5.74) is 0.889. The van der Waals surface area contributed by atoms with Gasteiger partial charge in [-0.25, -0.2) is 13.8 Å². The fourth-order valence-corrected chi connectivity index (χ4v) is 5.08. The summed E-state index contributed by atoms with van der Waals surface area (Å²) in [7, 11) is 0. The van der Waals surface area contributed by atoms with Crippen LogP contribution in [0.25, 0.3) is 11.3 Å². The number of aliphatic hydroxyl groups excluding tert-OH is 1. The van der Waals surface area contributed by atoms with Crippen molar-refractivity contribution in [3.63, 3.8) is 0 Å². The number of carbonyl (C=O) groups excluding carboxylic acids is 1. The molecule has 0 saturated carbocycles. The zero-order chi connectivity index (χ0) is 26.7. The minimum Gasteiger partial charge on any atom is -0.384 e. The highest BCUT2D eigenvalue weighted by molar-refractivity contribution is 5.80. The molecular formula is C29H36F2N4O2. The predicted octanol–water partition coefficient (Wildman–Crippen LogP) is 4.78. The summed E-state index contributed by atoms with van der Waals surface area (Å²) in [4.78, 5) is 20.0. The van der Waals surface area contributed by atoms with E-state index >= 15 is 0 Å². The standard InChI is InChI=1S/C29H36F2N4O2/c1-19(36)28(37)35(17-21-12-13-32-15-21)26(29(2,3)4)27-33-25(23-14-22(30)10-11-24(23)31)18-34(27)16-20-8-6-5-7-9-20/h5-11,14,18-19,21,26,32,36H,12-13,15-17H2,1-4H3/t19-,21-,26-/m0/s1. The first kappa shape index (κ1) is 26.9. The number of imidazole rings is 1. The highest BCUT2D eigenvalue weighted by Gasteiger charge is 2.40. The van der Waals surface area contributed by atoms with Crippen LogP contribution in [0.3, 0.4) is 0 Å². The molecule has 2 heterocycles. The van der Waals surface area contributed by atoms with E-state index in [1.807, 2.05) is 55.7 Å². The van der Waals surface area contributed by atoms with Gasteiger partial charge in [-0.05, 0) is 61.5 Å². The molecule has 1 aromatic heterocycles. The van der Waals surface area contributed by atoms with Gasteiger partial charge in [-0.1, -0.05) is 51.1 Å². The Morgan fingerprint density at radius 2 is 1.95 bits per heavy atom. The number of nitrogens with zero attached hydrogens (tertiary/aromatic N) is 3. The van der Waals surface area contributed by atoms with Crippen molar-refractivity contribution < 1.29 is 18.7 Å². The molecule has 3 aromatic rings. The third-order valence-corrected chi connectivity index (χ3v) is 6.84. The molecule has 0 radical (unpaired) electrons. The molecule has 0 spiro atoms. The van der Waals surface area contributed by atoms with E-state index in [-0.39, 0.29) is 17.4 Å². The molecule has 37 heavy (non-hydrogen) atoms. The number of nitrogens with one attached hydrogen (secondary N) is 1. The van der Waals surface area contributed by atoms with E-state index in [1.165, 1.54) is 6.92 Å². The quantitative estimate of drug-likeness (QED) is 0.458. The maximum Gasteiger partial charge on any atom is 0.251 e. The average Bonchev–Trinajstić information content (AvgIpc) is 3.50.